The molecule has 104 valence electrons. The van der Waals surface area contributed by atoms with Crippen LogP contribution in [0.15, 0.2) is 28.7 Å². The zero-order valence-electron chi connectivity index (χ0n) is 10.9. The molecule has 1 saturated carbocycles. The van der Waals surface area contributed by atoms with Gasteiger partial charge in [-0.2, -0.15) is 0 Å². The van der Waals surface area contributed by atoms with Crippen molar-refractivity contribution >= 4 is 27.6 Å². The summed E-state index contributed by atoms with van der Waals surface area (Å²) in [5, 5.41) is 15.2. The van der Waals surface area contributed by atoms with Gasteiger partial charge in [0.1, 0.15) is 0 Å². The largest absolute Gasteiger partial charge is 0.396 e. The molecule has 0 saturated heterocycles. The number of urea groups is 1. The molecule has 5 heteroatoms. The first-order chi connectivity index (χ1) is 9.03. The number of anilines is 1. The Morgan fingerprint density at radius 3 is 3.05 bits per heavy atom. The number of amides is 2. The van der Waals surface area contributed by atoms with Crippen molar-refractivity contribution < 1.29 is 9.90 Å². The van der Waals surface area contributed by atoms with Gasteiger partial charge in [-0.3, -0.25) is 0 Å². The van der Waals surface area contributed by atoms with Crippen molar-refractivity contribution in [2.24, 2.45) is 5.41 Å². The van der Waals surface area contributed by atoms with Gasteiger partial charge >= 0.3 is 6.03 Å². The second-order valence-electron chi connectivity index (χ2n) is 5.37. The Hall–Kier alpha value is -1.07. The Morgan fingerprint density at radius 2 is 2.37 bits per heavy atom. The molecule has 2 amide bonds. The molecule has 0 aromatic heterocycles. The number of carbonyl (C=O) groups is 1. The first-order valence-corrected chi connectivity index (χ1v) is 7.27. The van der Waals surface area contributed by atoms with Gasteiger partial charge < -0.3 is 15.7 Å². The molecule has 3 N–H and O–H groups in total. The van der Waals surface area contributed by atoms with Crippen LogP contribution < -0.4 is 10.6 Å². The van der Waals surface area contributed by atoms with E-state index in [0.717, 1.165) is 29.4 Å². The van der Waals surface area contributed by atoms with E-state index in [1.54, 1.807) is 0 Å². The number of carbonyl (C=O) groups excluding carboxylic acids is 1. The van der Waals surface area contributed by atoms with Gasteiger partial charge in [0.2, 0.25) is 0 Å². The molecule has 0 aliphatic heterocycles. The minimum atomic E-state index is -0.218. The Kier molecular flexibility index (Phi) is 4.47. The third kappa shape index (κ3) is 3.48. The summed E-state index contributed by atoms with van der Waals surface area (Å²) in [5.74, 6) is 0. The van der Waals surface area contributed by atoms with Crippen LogP contribution in [0.1, 0.15) is 26.2 Å². The lowest BCUT2D eigenvalue weighted by Gasteiger charge is -2.30. The summed E-state index contributed by atoms with van der Waals surface area (Å²) in [6.07, 6.45) is 2.91. The van der Waals surface area contributed by atoms with Crippen molar-refractivity contribution in [2.75, 3.05) is 11.9 Å². The van der Waals surface area contributed by atoms with Crippen LogP contribution in [-0.4, -0.2) is 23.8 Å². The molecule has 0 spiro atoms. The van der Waals surface area contributed by atoms with E-state index >= 15 is 0 Å². The Balaban J connectivity index is 1.95. The molecule has 4 nitrogen and oxygen atoms in total. The zero-order chi connectivity index (χ0) is 13.9. The van der Waals surface area contributed by atoms with E-state index < -0.39 is 0 Å². The van der Waals surface area contributed by atoms with Gasteiger partial charge in [0, 0.05) is 21.6 Å². The van der Waals surface area contributed by atoms with Gasteiger partial charge in [-0.05, 0) is 31.0 Å². The average Bonchev–Trinajstić information content (AvgIpc) is 2.71. The summed E-state index contributed by atoms with van der Waals surface area (Å²) in [6.45, 7) is 2.12. The molecule has 1 aromatic rings. The predicted molar refractivity (Wildman–Crippen MR) is 79.1 cm³/mol. The number of hydrogen-bond donors (Lipinski definition) is 3. The highest BCUT2D eigenvalue weighted by molar-refractivity contribution is 9.10. The number of halogens is 1. The van der Waals surface area contributed by atoms with Crippen LogP contribution in [0.5, 0.6) is 0 Å². The lowest BCUT2D eigenvalue weighted by Crippen LogP contribution is -2.46. The van der Waals surface area contributed by atoms with Crippen LogP contribution in [0.3, 0.4) is 0 Å². The van der Waals surface area contributed by atoms with Gasteiger partial charge in [-0.1, -0.05) is 35.3 Å². The number of rotatable bonds is 3. The van der Waals surface area contributed by atoms with Crippen molar-refractivity contribution in [3.63, 3.8) is 0 Å². The van der Waals surface area contributed by atoms with E-state index in [9.17, 15) is 9.90 Å². The molecule has 1 aliphatic carbocycles. The van der Waals surface area contributed by atoms with Gasteiger partial charge in [0.05, 0.1) is 6.61 Å². The predicted octanol–water partition coefficient (Wildman–Crippen LogP) is 3.12. The van der Waals surface area contributed by atoms with Crippen LogP contribution >= 0.6 is 15.9 Å². The third-order valence-corrected chi connectivity index (χ3v) is 4.32. The summed E-state index contributed by atoms with van der Waals surface area (Å²) in [4.78, 5) is 12.0. The zero-order valence-corrected chi connectivity index (χ0v) is 12.5. The van der Waals surface area contributed by atoms with E-state index in [0.29, 0.717) is 0 Å². The fourth-order valence-corrected chi connectivity index (χ4v) is 2.96. The molecular formula is C14H19BrN2O2. The van der Waals surface area contributed by atoms with Gasteiger partial charge in [0.25, 0.3) is 0 Å². The number of nitrogens with one attached hydrogen (secondary N) is 2. The molecule has 0 heterocycles. The number of benzene rings is 1. The van der Waals surface area contributed by atoms with Gasteiger partial charge in [-0.25, -0.2) is 4.79 Å². The Morgan fingerprint density at radius 1 is 1.58 bits per heavy atom. The van der Waals surface area contributed by atoms with E-state index in [-0.39, 0.29) is 24.1 Å². The van der Waals surface area contributed by atoms with Crippen molar-refractivity contribution in [1.29, 1.82) is 0 Å². The maximum absolute atomic E-state index is 12.0. The topological polar surface area (TPSA) is 61.4 Å². The highest BCUT2D eigenvalue weighted by Gasteiger charge is 2.39. The molecule has 19 heavy (non-hydrogen) atoms. The fraction of sp³-hybridized carbons (Fsp3) is 0.500. The lowest BCUT2D eigenvalue weighted by molar-refractivity contribution is 0.122. The van der Waals surface area contributed by atoms with Gasteiger partial charge in [0.15, 0.2) is 0 Å². The maximum Gasteiger partial charge on any atom is 0.319 e. The molecular weight excluding hydrogens is 308 g/mol. The first kappa shape index (κ1) is 14.3. The lowest BCUT2D eigenvalue weighted by atomic mass is 9.86. The van der Waals surface area contributed by atoms with Crippen LogP contribution in [0, 0.1) is 5.41 Å². The monoisotopic (exact) mass is 326 g/mol. The molecule has 2 atom stereocenters. The number of aliphatic hydroxyl groups is 1. The molecule has 0 radical (unpaired) electrons. The third-order valence-electron chi connectivity index (χ3n) is 3.83. The highest BCUT2D eigenvalue weighted by Crippen LogP contribution is 2.37. The summed E-state index contributed by atoms with van der Waals surface area (Å²) >= 11 is 3.36. The average molecular weight is 327 g/mol. The number of hydrogen-bond acceptors (Lipinski definition) is 2. The molecule has 1 fully saturated rings. The maximum atomic E-state index is 12.0. The molecule has 2 rings (SSSR count). The van der Waals surface area contributed by atoms with Crippen LogP contribution in [0.4, 0.5) is 10.5 Å². The van der Waals surface area contributed by atoms with Crippen LogP contribution in [0.25, 0.3) is 0 Å². The normalized spacial score (nSPS) is 26.2. The first-order valence-electron chi connectivity index (χ1n) is 6.47. The second kappa shape index (κ2) is 5.92. The van der Waals surface area contributed by atoms with E-state index in [1.807, 2.05) is 31.2 Å². The minimum Gasteiger partial charge on any atom is -0.396 e. The fourth-order valence-electron chi connectivity index (χ4n) is 2.56. The van der Waals surface area contributed by atoms with Crippen molar-refractivity contribution in [2.45, 2.75) is 32.2 Å². The van der Waals surface area contributed by atoms with Crippen LogP contribution in [-0.2, 0) is 0 Å². The Bertz CT molecular complexity index is 467. The molecule has 1 aliphatic rings. The summed E-state index contributed by atoms with van der Waals surface area (Å²) in [6, 6.07) is 7.27. The SMILES string of the molecule is CC1(CO)CCCC1NC(=O)Nc1cccc(Br)c1. The molecule has 1 aromatic carbocycles. The molecule has 2 unspecified atom stereocenters. The quantitative estimate of drug-likeness (QED) is 0.799. The standard InChI is InChI=1S/C14H19BrN2O2/c1-14(9-18)7-3-6-12(14)17-13(19)16-11-5-2-4-10(15)8-11/h2,4-5,8,12,18H,3,6-7,9H2,1H3,(H2,16,17,19). The molecule has 0 bridgehead atoms. The number of aliphatic hydroxyl groups excluding tert-OH is 1. The summed E-state index contributed by atoms with van der Waals surface area (Å²) in [7, 11) is 0. The van der Waals surface area contributed by atoms with Crippen molar-refractivity contribution in [3.05, 3.63) is 28.7 Å². The second-order valence-corrected chi connectivity index (χ2v) is 6.28. The van der Waals surface area contributed by atoms with E-state index in [4.69, 9.17) is 0 Å². The minimum absolute atomic E-state index is 0.0321. The van der Waals surface area contributed by atoms with Crippen molar-refractivity contribution in [1.82, 2.24) is 5.32 Å². The van der Waals surface area contributed by atoms with E-state index in [2.05, 4.69) is 26.6 Å². The van der Waals surface area contributed by atoms with Gasteiger partial charge in [-0.15, -0.1) is 0 Å². The summed E-state index contributed by atoms with van der Waals surface area (Å²) in [5.41, 5.74) is 0.546. The van der Waals surface area contributed by atoms with Crippen molar-refractivity contribution in [3.8, 4) is 0 Å². The van der Waals surface area contributed by atoms with Crippen LogP contribution in [0.2, 0.25) is 0 Å². The highest BCUT2D eigenvalue weighted by atomic mass is 79.9. The van der Waals surface area contributed by atoms with E-state index in [1.165, 1.54) is 0 Å². The Labute approximate surface area is 121 Å². The summed E-state index contributed by atoms with van der Waals surface area (Å²) < 4.78 is 0.923. The smallest absolute Gasteiger partial charge is 0.319 e.